The van der Waals surface area contributed by atoms with Gasteiger partial charge in [0.05, 0.1) is 8.07 Å². The van der Waals surface area contributed by atoms with Crippen LogP contribution >= 0.6 is 0 Å². The second-order valence-electron chi connectivity index (χ2n) is 2.88. The number of nitrogens with zero attached hydrogens (tertiary/aromatic N) is 1. The highest BCUT2D eigenvalue weighted by Gasteiger charge is 2.18. The zero-order chi connectivity index (χ0) is 16.7. The van der Waals surface area contributed by atoms with Crippen LogP contribution in [-0.2, 0) is 13.1 Å². The first-order valence-electron chi connectivity index (χ1n) is 8.17. The lowest BCUT2D eigenvalue weighted by atomic mass is 10.4. The average molecular weight is 189 g/mol. The van der Waals surface area contributed by atoms with Crippen molar-refractivity contribution in [2.45, 2.75) is 25.5 Å². The third-order valence-corrected chi connectivity index (χ3v) is 2.50. The van der Waals surface area contributed by atoms with E-state index in [1.165, 1.54) is 0 Å². The van der Waals surface area contributed by atoms with Gasteiger partial charge in [-0.05, 0) is 0 Å². The summed E-state index contributed by atoms with van der Waals surface area (Å²) < 4.78 is 70.3. The molecule has 0 radical (unpaired) electrons. The summed E-state index contributed by atoms with van der Waals surface area (Å²) in [5.74, 6) is 0. The summed E-state index contributed by atoms with van der Waals surface area (Å²) in [5.41, 5.74) is 0.396. The summed E-state index contributed by atoms with van der Waals surface area (Å²) in [7, 11) is -3.06. The van der Waals surface area contributed by atoms with Crippen LogP contribution in [0.1, 0.15) is 18.0 Å². The maximum Gasteiger partial charge on any atom is 0.178 e. The Kier molecular flexibility index (Phi) is 0.833. The number of hydrogen-bond donors (Lipinski definition) is 0. The van der Waals surface area contributed by atoms with E-state index in [9.17, 15) is 0 Å². The molecule has 0 spiro atoms. The molecule has 0 saturated carbocycles. The Labute approximate surface area is 88.7 Å². The Balaban J connectivity index is 3.56. The Morgan fingerprint density at radius 1 is 1.42 bits per heavy atom. The normalized spacial score (nSPS) is 25.9. The first-order chi connectivity index (χ1) is 9.24. The first kappa shape index (κ1) is 2.95. The monoisotopic (exact) mass is 189 g/mol. The van der Waals surface area contributed by atoms with Crippen molar-refractivity contribution in [3.05, 3.63) is 30.1 Å². The minimum Gasteiger partial charge on any atom is -0.205 e. The maximum atomic E-state index is 7.63. The van der Waals surface area contributed by atoms with Crippen molar-refractivity contribution in [2.75, 3.05) is 0 Å². The van der Waals surface area contributed by atoms with Gasteiger partial charge in [-0.2, -0.15) is 0 Å². The molecule has 0 aliphatic carbocycles. The molecule has 0 saturated heterocycles. The molecular weight excluding hydrogens is 162 g/mol. The fraction of sp³-hybridized carbons (Fsp3) is 0.500. The molecule has 0 amide bonds. The van der Waals surface area contributed by atoms with Crippen molar-refractivity contribution >= 4 is 8.07 Å². The van der Waals surface area contributed by atoms with E-state index in [0.717, 1.165) is 0 Å². The van der Waals surface area contributed by atoms with Gasteiger partial charge in [-0.15, -0.1) is 0 Å². The second-order valence-corrected chi connectivity index (χ2v) is 5.05. The van der Waals surface area contributed by atoms with Crippen LogP contribution in [0.2, 0.25) is 19.4 Å². The number of aryl methyl sites for hydroxylation is 1. The second kappa shape index (κ2) is 3.40. The van der Waals surface area contributed by atoms with E-state index in [4.69, 9.17) is 12.3 Å². The van der Waals surface area contributed by atoms with E-state index < -0.39 is 33.5 Å². The summed E-state index contributed by atoms with van der Waals surface area (Å²) in [5, 5.41) is 0. The maximum absolute atomic E-state index is 7.63. The summed E-state index contributed by atoms with van der Waals surface area (Å²) in [6, 6.07) is 4.44. The van der Waals surface area contributed by atoms with E-state index >= 15 is 0 Å². The van der Waals surface area contributed by atoms with E-state index in [0.29, 0.717) is 5.69 Å². The van der Waals surface area contributed by atoms with Gasteiger partial charge in [-0.3, -0.25) is 0 Å². The molecule has 0 fully saturated rings. The van der Waals surface area contributed by atoms with Gasteiger partial charge in [-0.1, -0.05) is 25.5 Å². The van der Waals surface area contributed by atoms with Gasteiger partial charge in [-0.25, -0.2) is 4.57 Å². The lowest BCUT2D eigenvalue weighted by Crippen LogP contribution is -2.38. The molecule has 0 N–H and O–H groups in total. The van der Waals surface area contributed by atoms with Gasteiger partial charge in [0.2, 0.25) is 0 Å². The van der Waals surface area contributed by atoms with Crippen LogP contribution in [0.25, 0.3) is 0 Å². The molecule has 0 aromatic carbocycles. The van der Waals surface area contributed by atoms with Crippen molar-refractivity contribution in [3.63, 3.8) is 0 Å². The van der Waals surface area contributed by atoms with E-state index in [-0.39, 0.29) is 0 Å². The average Bonchev–Trinajstić information content (AvgIpc) is 2.22. The fourth-order valence-electron chi connectivity index (χ4n) is 1.01. The lowest BCUT2D eigenvalue weighted by Gasteiger charge is -2.13. The number of hydrogen-bond acceptors (Lipinski definition) is 0. The molecule has 1 aromatic rings. The van der Waals surface area contributed by atoms with E-state index in [2.05, 4.69) is 0 Å². The zero-order valence-corrected chi connectivity index (χ0v) is 7.96. The van der Waals surface area contributed by atoms with Crippen LogP contribution < -0.4 is 4.57 Å². The van der Waals surface area contributed by atoms with Gasteiger partial charge in [0.25, 0.3) is 0 Å². The number of pyridine rings is 1. The lowest BCUT2D eigenvalue weighted by molar-refractivity contribution is -0.678. The van der Waals surface area contributed by atoms with Crippen molar-refractivity contribution in [3.8, 4) is 0 Å². The summed E-state index contributed by atoms with van der Waals surface area (Å²) >= 11 is 0. The molecule has 1 aromatic heterocycles. The summed E-state index contributed by atoms with van der Waals surface area (Å²) in [6.45, 7) is -9.06. The third kappa shape index (κ3) is 2.78. The smallest absolute Gasteiger partial charge is 0.178 e. The molecule has 2 heteroatoms. The fourth-order valence-corrected chi connectivity index (χ4v) is 1.92. The van der Waals surface area contributed by atoms with Gasteiger partial charge in [0, 0.05) is 30.5 Å². The van der Waals surface area contributed by atoms with Crippen LogP contribution in [0.15, 0.2) is 24.4 Å². The van der Waals surface area contributed by atoms with Crippen LogP contribution in [0.4, 0.5) is 0 Å². The molecule has 0 aliphatic rings. The largest absolute Gasteiger partial charge is 0.205 e. The van der Waals surface area contributed by atoms with Gasteiger partial charge in [0.1, 0.15) is 7.05 Å². The van der Waals surface area contributed by atoms with Crippen LogP contribution in [0, 0.1) is 0 Å². The van der Waals surface area contributed by atoms with Crippen molar-refractivity contribution in [2.24, 2.45) is 7.05 Å². The van der Waals surface area contributed by atoms with Gasteiger partial charge in [0.15, 0.2) is 11.9 Å². The summed E-state index contributed by atoms with van der Waals surface area (Å²) in [4.78, 5) is 0. The zero-order valence-electron chi connectivity index (χ0n) is 16.0. The predicted octanol–water partition coefficient (Wildman–Crippen LogP) is 1.93. The van der Waals surface area contributed by atoms with Crippen LogP contribution in [0.3, 0.4) is 0 Å². The topological polar surface area (TPSA) is 3.88 Å². The first-order valence-corrected chi connectivity index (χ1v) is 5.88. The summed E-state index contributed by atoms with van der Waals surface area (Å²) in [6.07, 6.45) is 1.63. The highest BCUT2D eigenvalue weighted by atomic mass is 28.3. The minimum atomic E-state index is -4.69. The number of rotatable bonds is 2. The number of aromatic nitrogens is 1. The Bertz CT molecular complexity index is 466. The Morgan fingerprint density at radius 2 is 2.17 bits per heavy atom. The SMILES string of the molecule is [2H]C([2H])([2H])[Si](Cc1cccc[n+]1C)(C([2H])([2H])[2H])C([2H])([2H])[2H]. The van der Waals surface area contributed by atoms with Gasteiger partial charge < -0.3 is 0 Å². The molecule has 66 valence electrons. The Hall–Kier alpha value is -0.633. The van der Waals surface area contributed by atoms with Crippen LogP contribution in [0.5, 0.6) is 0 Å². The molecule has 1 heterocycles. The molecule has 0 atom stereocenters. The standard InChI is InChI=1S/C10H18NSi/c1-11-8-6-5-7-10(11)9-12(2,3)4/h5-8H,9H2,1-4H3/q+1/i2D3,3D3,4D3. The van der Waals surface area contributed by atoms with E-state index in [1.54, 1.807) is 36.0 Å². The molecule has 0 unspecified atom stereocenters. The van der Waals surface area contributed by atoms with Crippen molar-refractivity contribution < 1.29 is 16.9 Å². The molecule has 0 bridgehead atoms. The quantitative estimate of drug-likeness (QED) is 0.494. The molecule has 1 rings (SSSR count). The Morgan fingerprint density at radius 3 is 2.75 bits per heavy atom. The molecule has 0 aliphatic heterocycles. The van der Waals surface area contributed by atoms with E-state index in [1.807, 2.05) is 0 Å². The van der Waals surface area contributed by atoms with Crippen molar-refractivity contribution in [1.82, 2.24) is 0 Å². The highest BCUT2D eigenvalue weighted by Crippen LogP contribution is 2.07. The third-order valence-electron chi connectivity index (χ3n) is 1.61. The van der Waals surface area contributed by atoms with Gasteiger partial charge >= 0.3 is 0 Å². The van der Waals surface area contributed by atoms with Crippen LogP contribution in [-0.4, -0.2) is 8.07 Å². The molecule has 1 nitrogen and oxygen atoms in total. The molecule has 12 heavy (non-hydrogen) atoms. The minimum absolute atomic E-state index is 0.396. The van der Waals surface area contributed by atoms with Crippen molar-refractivity contribution in [1.29, 1.82) is 0 Å². The predicted molar refractivity (Wildman–Crippen MR) is 54.7 cm³/mol. The molecular formula is C10H18NSi+. The highest BCUT2D eigenvalue weighted by molar-refractivity contribution is 6.75.